The third-order valence-corrected chi connectivity index (χ3v) is 4.86. The molecule has 0 fully saturated rings. The van der Waals surface area contributed by atoms with E-state index in [0.29, 0.717) is 17.8 Å². The van der Waals surface area contributed by atoms with Crippen molar-refractivity contribution in [3.05, 3.63) is 60.2 Å². The lowest BCUT2D eigenvalue weighted by Gasteiger charge is -2.33. The van der Waals surface area contributed by atoms with Gasteiger partial charge >= 0.3 is 12.1 Å². The Labute approximate surface area is 165 Å². The van der Waals surface area contributed by atoms with E-state index in [1.807, 2.05) is 61.5 Å². The zero-order valence-corrected chi connectivity index (χ0v) is 16.5. The van der Waals surface area contributed by atoms with Gasteiger partial charge < -0.3 is 14.8 Å². The molecule has 1 aliphatic rings. The molecule has 2 unspecified atom stereocenters. The van der Waals surface area contributed by atoms with Crippen LogP contribution >= 0.6 is 0 Å². The lowest BCUT2D eigenvalue weighted by Crippen LogP contribution is -2.46. The molecule has 2 aromatic rings. The Bertz CT molecular complexity index is 839. The Morgan fingerprint density at radius 3 is 2.36 bits per heavy atom. The van der Waals surface area contributed by atoms with Crippen molar-refractivity contribution in [2.24, 2.45) is 0 Å². The summed E-state index contributed by atoms with van der Waals surface area (Å²) < 4.78 is 10.7. The molecule has 6 heteroatoms. The van der Waals surface area contributed by atoms with Crippen molar-refractivity contribution in [1.82, 2.24) is 0 Å². The number of benzene rings is 2. The van der Waals surface area contributed by atoms with Crippen LogP contribution in [-0.4, -0.2) is 30.8 Å². The number of para-hydroxylation sites is 2. The Hall–Kier alpha value is -3.02. The number of carbonyl (C=O) groups is 2. The van der Waals surface area contributed by atoms with E-state index in [-0.39, 0.29) is 19.2 Å². The highest BCUT2D eigenvalue weighted by molar-refractivity contribution is 5.96. The first-order valence-electron chi connectivity index (χ1n) is 9.55. The maximum absolute atomic E-state index is 13.0. The van der Waals surface area contributed by atoms with Crippen molar-refractivity contribution in [1.29, 1.82) is 0 Å². The molecule has 0 aromatic heterocycles. The number of carbonyl (C=O) groups excluding carboxylic acids is 2. The van der Waals surface area contributed by atoms with Gasteiger partial charge in [-0.2, -0.15) is 0 Å². The molecule has 0 spiro atoms. The van der Waals surface area contributed by atoms with E-state index in [1.54, 1.807) is 18.7 Å². The van der Waals surface area contributed by atoms with Gasteiger partial charge in [-0.15, -0.1) is 0 Å². The van der Waals surface area contributed by atoms with Gasteiger partial charge in [-0.1, -0.05) is 42.5 Å². The fourth-order valence-electron chi connectivity index (χ4n) is 3.57. The van der Waals surface area contributed by atoms with Crippen molar-refractivity contribution < 1.29 is 19.1 Å². The lowest BCUT2D eigenvalue weighted by molar-refractivity contribution is -0.148. The smallest absolute Gasteiger partial charge is 0.414 e. The number of anilines is 2. The molecule has 0 saturated heterocycles. The van der Waals surface area contributed by atoms with Gasteiger partial charge in [0.2, 0.25) is 0 Å². The molecule has 2 atom stereocenters. The predicted molar refractivity (Wildman–Crippen MR) is 108 cm³/mol. The SMILES string of the molecule is CCOC(=O)N1c2ccccc2NC(C)(C(=O)OCC)CC1c1ccccc1. The van der Waals surface area contributed by atoms with E-state index < -0.39 is 17.7 Å². The maximum atomic E-state index is 13.0. The molecule has 0 saturated carbocycles. The quantitative estimate of drug-likeness (QED) is 0.787. The van der Waals surface area contributed by atoms with Crippen molar-refractivity contribution in [2.45, 2.75) is 38.8 Å². The molecule has 0 radical (unpaired) electrons. The molecule has 0 bridgehead atoms. The van der Waals surface area contributed by atoms with E-state index in [9.17, 15) is 9.59 Å². The van der Waals surface area contributed by atoms with Crippen LogP contribution < -0.4 is 10.2 Å². The summed E-state index contributed by atoms with van der Waals surface area (Å²) in [5.74, 6) is -0.351. The zero-order chi connectivity index (χ0) is 20.1. The summed E-state index contributed by atoms with van der Waals surface area (Å²) in [5, 5.41) is 3.32. The minimum absolute atomic E-state index is 0.265. The molecule has 2 aromatic carbocycles. The monoisotopic (exact) mass is 382 g/mol. The zero-order valence-electron chi connectivity index (χ0n) is 16.5. The van der Waals surface area contributed by atoms with Gasteiger partial charge in [0.1, 0.15) is 5.54 Å². The Morgan fingerprint density at radius 2 is 1.68 bits per heavy atom. The van der Waals surface area contributed by atoms with Crippen molar-refractivity contribution >= 4 is 23.4 Å². The first-order valence-corrected chi connectivity index (χ1v) is 9.55. The number of hydrogen-bond donors (Lipinski definition) is 1. The van der Waals surface area contributed by atoms with E-state index in [0.717, 1.165) is 5.56 Å². The third-order valence-electron chi connectivity index (χ3n) is 4.86. The second-order valence-electron chi connectivity index (χ2n) is 6.89. The number of amides is 1. The van der Waals surface area contributed by atoms with E-state index in [4.69, 9.17) is 9.47 Å². The molecule has 0 aliphatic carbocycles. The summed E-state index contributed by atoms with van der Waals surface area (Å²) in [6.45, 7) is 5.93. The summed E-state index contributed by atoms with van der Waals surface area (Å²) >= 11 is 0. The minimum Gasteiger partial charge on any atom is -0.464 e. The molecular weight excluding hydrogens is 356 g/mol. The van der Waals surface area contributed by atoms with Crippen molar-refractivity contribution in [3.63, 3.8) is 0 Å². The number of esters is 1. The van der Waals surface area contributed by atoms with Gasteiger partial charge in [-0.3, -0.25) is 4.90 Å². The highest BCUT2D eigenvalue weighted by atomic mass is 16.6. The van der Waals surface area contributed by atoms with Crippen LogP contribution in [0, 0.1) is 0 Å². The average Bonchev–Trinajstić information content (AvgIpc) is 2.83. The first-order chi connectivity index (χ1) is 13.5. The van der Waals surface area contributed by atoms with Crippen molar-refractivity contribution in [3.8, 4) is 0 Å². The Balaban J connectivity index is 2.17. The first kappa shape index (κ1) is 19.7. The molecule has 1 amide bonds. The van der Waals surface area contributed by atoms with Crippen LogP contribution in [0.1, 0.15) is 38.8 Å². The lowest BCUT2D eigenvalue weighted by atomic mass is 9.89. The summed E-state index contributed by atoms with van der Waals surface area (Å²) in [4.78, 5) is 27.4. The second kappa shape index (κ2) is 8.33. The molecule has 1 N–H and O–H groups in total. The highest BCUT2D eigenvalue weighted by Crippen LogP contribution is 2.43. The van der Waals surface area contributed by atoms with E-state index >= 15 is 0 Å². The van der Waals surface area contributed by atoms with Gasteiger partial charge in [0.05, 0.1) is 30.6 Å². The van der Waals surface area contributed by atoms with Crippen LogP contribution in [0.4, 0.5) is 16.2 Å². The summed E-state index contributed by atoms with van der Waals surface area (Å²) in [7, 11) is 0. The number of rotatable bonds is 4. The normalized spacial score (nSPS) is 21.1. The summed E-state index contributed by atoms with van der Waals surface area (Å²) in [6.07, 6.45) is -0.109. The molecule has 6 nitrogen and oxygen atoms in total. The fourth-order valence-corrected chi connectivity index (χ4v) is 3.57. The van der Waals surface area contributed by atoms with E-state index in [1.165, 1.54) is 0 Å². The van der Waals surface area contributed by atoms with Gasteiger partial charge in [0.15, 0.2) is 0 Å². The highest BCUT2D eigenvalue weighted by Gasteiger charge is 2.44. The maximum Gasteiger partial charge on any atom is 0.414 e. The van der Waals surface area contributed by atoms with Gasteiger partial charge in [0, 0.05) is 6.42 Å². The van der Waals surface area contributed by atoms with Gasteiger partial charge in [-0.05, 0) is 38.5 Å². The number of nitrogens with one attached hydrogen (secondary N) is 1. The van der Waals surface area contributed by atoms with Crippen LogP contribution in [-0.2, 0) is 14.3 Å². The van der Waals surface area contributed by atoms with Crippen LogP contribution in [0.2, 0.25) is 0 Å². The molecule has 1 aliphatic heterocycles. The van der Waals surface area contributed by atoms with Gasteiger partial charge in [-0.25, -0.2) is 9.59 Å². The molecule has 3 rings (SSSR count). The van der Waals surface area contributed by atoms with Gasteiger partial charge in [0.25, 0.3) is 0 Å². The number of ether oxygens (including phenoxy) is 2. The summed E-state index contributed by atoms with van der Waals surface area (Å²) in [5.41, 5.74) is 1.27. The Morgan fingerprint density at radius 1 is 1.04 bits per heavy atom. The largest absolute Gasteiger partial charge is 0.464 e. The van der Waals surface area contributed by atoms with Crippen molar-refractivity contribution in [2.75, 3.05) is 23.4 Å². The third kappa shape index (κ3) is 3.81. The molecule has 28 heavy (non-hydrogen) atoms. The molecular formula is C22H26N2O4. The predicted octanol–water partition coefficient (Wildman–Crippen LogP) is 4.53. The van der Waals surface area contributed by atoms with Crippen LogP contribution in [0.3, 0.4) is 0 Å². The average molecular weight is 382 g/mol. The second-order valence-corrected chi connectivity index (χ2v) is 6.89. The fraction of sp³-hybridized carbons (Fsp3) is 0.364. The molecule has 1 heterocycles. The standard InChI is InChI=1S/C22H26N2O4/c1-4-27-20(25)22(3)15-19(16-11-7-6-8-12-16)24(21(26)28-5-2)18-14-10-9-13-17(18)23-22/h6-14,19,23H,4-5,15H2,1-3H3. The number of hydrogen-bond acceptors (Lipinski definition) is 5. The van der Waals surface area contributed by atoms with E-state index in [2.05, 4.69) is 5.32 Å². The number of fused-ring (bicyclic) bond motifs is 1. The summed E-state index contributed by atoms with van der Waals surface area (Å²) in [6, 6.07) is 16.7. The topological polar surface area (TPSA) is 67.9 Å². The minimum atomic E-state index is -1.01. The molecule has 148 valence electrons. The van der Waals surface area contributed by atoms with Crippen LogP contribution in [0.15, 0.2) is 54.6 Å². The Kier molecular flexibility index (Phi) is 5.87. The van der Waals surface area contributed by atoms with Crippen LogP contribution in [0.5, 0.6) is 0 Å². The number of nitrogens with zero attached hydrogens (tertiary/aromatic N) is 1. The van der Waals surface area contributed by atoms with Crippen LogP contribution in [0.25, 0.3) is 0 Å².